The Morgan fingerprint density at radius 2 is 1.97 bits per heavy atom. The zero-order valence-electron chi connectivity index (χ0n) is 22.3. The molecule has 4 aliphatic rings. The number of aromatic amines is 1. The maximum absolute atomic E-state index is 14.1. The van der Waals surface area contributed by atoms with E-state index in [0.717, 1.165) is 43.6 Å². The van der Waals surface area contributed by atoms with Crippen LogP contribution in [0.1, 0.15) is 68.3 Å². The van der Waals surface area contributed by atoms with Crippen molar-refractivity contribution >= 4 is 22.5 Å². The highest BCUT2D eigenvalue weighted by molar-refractivity contribution is 6.24. The minimum Gasteiger partial charge on any atom is -0.323 e. The van der Waals surface area contributed by atoms with Gasteiger partial charge in [-0.25, -0.2) is 15.0 Å². The number of ketones is 1. The van der Waals surface area contributed by atoms with Crippen molar-refractivity contribution in [2.45, 2.75) is 64.0 Å². The van der Waals surface area contributed by atoms with Gasteiger partial charge in [-0.1, -0.05) is 38.1 Å². The molecule has 1 spiro atoms. The SMILES string of the molecule is CC1(C)CC2=C(CC1N1CCC3(CC1)Cc1ccccc1C3N)C(=O)C(c1[nH]nc3ncncc13)C(C#N)=N2. The Balaban J connectivity index is 1.16. The van der Waals surface area contributed by atoms with Crippen LogP contribution in [0.4, 0.5) is 0 Å². The van der Waals surface area contributed by atoms with Crippen LogP contribution in [-0.4, -0.2) is 55.7 Å². The van der Waals surface area contributed by atoms with Crippen molar-refractivity contribution < 1.29 is 4.79 Å². The largest absolute Gasteiger partial charge is 0.323 e. The van der Waals surface area contributed by atoms with Crippen molar-refractivity contribution in [2.24, 2.45) is 21.6 Å². The van der Waals surface area contributed by atoms with E-state index in [0.29, 0.717) is 29.6 Å². The molecule has 9 heteroatoms. The molecule has 198 valence electrons. The molecule has 1 aromatic carbocycles. The molecular weight excluding hydrogens is 488 g/mol. The van der Waals surface area contributed by atoms with Gasteiger partial charge in [-0.05, 0) is 67.2 Å². The standard InChI is InChI=1S/C30H32N8O/c1-29(2)13-21-19(26(39)24(22(14-31)35-21)25-20-15-33-16-34-28(20)37-36-25)11-23(29)38-9-7-30(8-10-38)12-17-5-3-4-6-18(17)27(30)32/h3-6,15-16,23-24,27H,7-13,32H2,1-2H3,(H,33,34,36,37). The number of fused-ring (bicyclic) bond motifs is 2. The molecule has 3 N–H and O–H groups in total. The minimum atomic E-state index is -0.814. The van der Waals surface area contributed by atoms with Crippen molar-refractivity contribution in [1.82, 2.24) is 25.1 Å². The van der Waals surface area contributed by atoms with E-state index in [-0.39, 0.29) is 34.4 Å². The Labute approximate surface area is 227 Å². The summed E-state index contributed by atoms with van der Waals surface area (Å²) in [6, 6.07) is 11.1. The van der Waals surface area contributed by atoms with Gasteiger partial charge in [0.1, 0.15) is 24.0 Å². The quantitative estimate of drug-likeness (QED) is 0.525. The first-order valence-electron chi connectivity index (χ1n) is 13.8. The molecule has 2 aliphatic carbocycles. The summed E-state index contributed by atoms with van der Waals surface area (Å²) in [4.78, 5) is 29.7. The van der Waals surface area contributed by atoms with E-state index in [9.17, 15) is 10.1 Å². The predicted molar refractivity (Wildman–Crippen MR) is 147 cm³/mol. The zero-order chi connectivity index (χ0) is 26.9. The van der Waals surface area contributed by atoms with E-state index in [2.05, 4.69) is 69.2 Å². The summed E-state index contributed by atoms with van der Waals surface area (Å²) in [5.74, 6) is -0.876. The molecule has 0 bridgehead atoms. The maximum Gasteiger partial charge on any atom is 0.184 e. The molecular formula is C30H32N8O. The van der Waals surface area contributed by atoms with E-state index < -0.39 is 5.92 Å². The number of aliphatic imine (C=N–C) groups is 1. The van der Waals surface area contributed by atoms with Gasteiger partial charge in [-0.15, -0.1) is 0 Å². The molecule has 0 amide bonds. The molecule has 3 aromatic rings. The molecule has 1 fully saturated rings. The van der Waals surface area contributed by atoms with E-state index >= 15 is 0 Å². The average Bonchev–Trinajstić information content (AvgIpc) is 3.47. The number of benzene rings is 1. The summed E-state index contributed by atoms with van der Waals surface area (Å²) in [5, 5.41) is 17.8. The summed E-state index contributed by atoms with van der Waals surface area (Å²) < 4.78 is 0. The highest BCUT2D eigenvalue weighted by atomic mass is 16.1. The fourth-order valence-electron chi connectivity index (χ4n) is 7.66. The number of aromatic nitrogens is 4. The van der Waals surface area contributed by atoms with Gasteiger partial charge in [-0.3, -0.25) is 14.8 Å². The van der Waals surface area contributed by atoms with E-state index in [1.165, 1.54) is 17.5 Å². The number of hydrogen-bond acceptors (Lipinski definition) is 8. The third-order valence-electron chi connectivity index (χ3n) is 9.85. The normalized spacial score (nSPS) is 27.8. The van der Waals surface area contributed by atoms with Gasteiger partial charge in [0.15, 0.2) is 11.4 Å². The second kappa shape index (κ2) is 8.63. The lowest BCUT2D eigenvalue weighted by atomic mass is 9.67. The van der Waals surface area contributed by atoms with Gasteiger partial charge in [0.2, 0.25) is 0 Å². The van der Waals surface area contributed by atoms with Crippen molar-refractivity contribution in [3.05, 3.63) is 64.9 Å². The van der Waals surface area contributed by atoms with Crippen molar-refractivity contribution in [2.75, 3.05) is 13.1 Å². The fourth-order valence-corrected chi connectivity index (χ4v) is 7.66. The van der Waals surface area contributed by atoms with Crippen molar-refractivity contribution in [1.29, 1.82) is 5.26 Å². The number of Topliss-reactive ketones (excluding diaryl/α,β-unsaturated/α-hetero) is 1. The number of piperidine rings is 1. The molecule has 3 atom stereocenters. The first-order chi connectivity index (χ1) is 18.8. The lowest BCUT2D eigenvalue weighted by Crippen LogP contribution is -2.54. The fraction of sp³-hybridized carbons (Fsp3) is 0.467. The number of hydrogen-bond donors (Lipinski definition) is 2. The van der Waals surface area contributed by atoms with Gasteiger partial charge in [0, 0.05) is 29.6 Å². The van der Waals surface area contributed by atoms with Crippen LogP contribution in [0.2, 0.25) is 0 Å². The van der Waals surface area contributed by atoms with Crippen LogP contribution >= 0.6 is 0 Å². The zero-order valence-corrected chi connectivity index (χ0v) is 22.3. The second-order valence-corrected chi connectivity index (χ2v) is 12.4. The number of rotatable bonds is 2. The van der Waals surface area contributed by atoms with Crippen LogP contribution < -0.4 is 5.73 Å². The average molecular weight is 521 g/mol. The third-order valence-corrected chi connectivity index (χ3v) is 9.85. The van der Waals surface area contributed by atoms with Crippen LogP contribution in [0.5, 0.6) is 0 Å². The number of allylic oxidation sites excluding steroid dienone is 1. The smallest absolute Gasteiger partial charge is 0.184 e. The number of H-pyrrole nitrogens is 1. The Hall–Kier alpha value is -3.74. The van der Waals surface area contributed by atoms with Crippen LogP contribution in [0.25, 0.3) is 11.0 Å². The van der Waals surface area contributed by atoms with Gasteiger partial charge < -0.3 is 5.73 Å². The molecule has 9 nitrogen and oxygen atoms in total. The number of nitrogens with two attached hydrogens (primary N) is 1. The molecule has 1 saturated heterocycles. The third kappa shape index (κ3) is 3.62. The number of nitriles is 1. The van der Waals surface area contributed by atoms with E-state index in [1.807, 2.05) is 0 Å². The van der Waals surface area contributed by atoms with Crippen molar-refractivity contribution in [3.8, 4) is 6.07 Å². The Kier molecular flexibility index (Phi) is 5.38. The van der Waals surface area contributed by atoms with Crippen LogP contribution in [0.3, 0.4) is 0 Å². The number of carbonyl (C=O) groups is 1. The molecule has 0 saturated carbocycles. The first kappa shape index (κ1) is 24.3. The van der Waals surface area contributed by atoms with Gasteiger partial charge in [0.05, 0.1) is 11.1 Å². The first-order valence-corrected chi connectivity index (χ1v) is 13.8. The Morgan fingerprint density at radius 3 is 2.74 bits per heavy atom. The van der Waals surface area contributed by atoms with E-state index in [1.54, 1.807) is 6.20 Å². The number of nitrogens with zero attached hydrogens (tertiary/aromatic N) is 6. The molecule has 2 aliphatic heterocycles. The number of likely N-dealkylation sites (tertiary alicyclic amines) is 1. The molecule has 4 heterocycles. The Bertz CT molecular complexity index is 1600. The van der Waals surface area contributed by atoms with Gasteiger partial charge >= 0.3 is 0 Å². The summed E-state index contributed by atoms with van der Waals surface area (Å²) in [7, 11) is 0. The molecule has 0 radical (unpaired) electrons. The Morgan fingerprint density at radius 1 is 1.18 bits per heavy atom. The minimum absolute atomic E-state index is 0.0619. The van der Waals surface area contributed by atoms with E-state index in [4.69, 9.17) is 10.7 Å². The summed E-state index contributed by atoms with van der Waals surface area (Å²) >= 11 is 0. The monoisotopic (exact) mass is 520 g/mol. The lowest BCUT2D eigenvalue weighted by Gasteiger charge is -2.51. The molecule has 39 heavy (non-hydrogen) atoms. The van der Waals surface area contributed by atoms with Gasteiger partial charge in [0.25, 0.3) is 0 Å². The second-order valence-electron chi connectivity index (χ2n) is 12.4. The number of nitrogens with one attached hydrogen (secondary N) is 1. The lowest BCUT2D eigenvalue weighted by molar-refractivity contribution is -0.116. The highest BCUT2D eigenvalue weighted by Crippen LogP contribution is 2.53. The van der Waals surface area contributed by atoms with Gasteiger partial charge in [-0.2, -0.15) is 10.4 Å². The van der Waals surface area contributed by atoms with Crippen LogP contribution in [0, 0.1) is 22.2 Å². The van der Waals surface area contributed by atoms with Crippen LogP contribution in [-0.2, 0) is 11.2 Å². The topological polar surface area (TPSA) is 137 Å². The molecule has 2 aromatic heterocycles. The van der Waals surface area contributed by atoms with Crippen molar-refractivity contribution in [3.63, 3.8) is 0 Å². The summed E-state index contributed by atoms with van der Waals surface area (Å²) in [6.45, 7) is 6.46. The molecule has 3 unspecified atom stereocenters. The maximum atomic E-state index is 14.1. The number of carbonyl (C=O) groups excluding carboxylic acids is 1. The van der Waals surface area contributed by atoms with Crippen LogP contribution in [0.15, 0.2) is 53.1 Å². The summed E-state index contributed by atoms with van der Waals surface area (Å²) in [6.07, 6.45) is 7.50. The molecule has 7 rings (SSSR count). The predicted octanol–water partition coefficient (Wildman–Crippen LogP) is 3.76. The summed E-state index contributed by atoms with van der Waals surface area (Å²) in [5.41, 5.74) is 12.3. The highest BCUT2D eigenvalue weighted by Gasteiger charge is 2.50.